The highest BCUT2D eigenvalue weighted by molar-refractivity contribution is 7.80. The van der Waals surface area contributed by atoms with Gasteiger partial charge in [-0.15, -0.1) is 0 Å². The van der Waals surface area contributed by atoms with Crippen molar-refractivity contribution in [2.45, 2.75) is 26.3 Å². The van der Waals surface area contributed by atoms with E-state index >= 15 is 0 Å². The summed E-state index contributed by atoms with van der Waals surface area (Å²) in [7, 11) is 0. The molecule has 0 fully saturated rings. The maximum atomic E-state index is 11.7. The molecule has 1 aromatic rings. The molecular formula is C13H19N3OS. The van der Waals surface area contributed by atoms with E-state index in [1.807, 2.05) is 45.0 Å². The topological polar surface area (TPSA) is 67.2 Å². The van der Waals surface area contributed by atoms with Crippen molar-refractivity contribution in [3.8, 4) is 0 Å². The first-order valence-corrected chi connectivity index (χ1v) is 6.14. The van der Waals surface area contributed by atoms with Crippen molar-refractivity contribution < 1.29 is 4.79 Å². The van der Waals surface area contributed by atoms with Gasteiger partial charge in [0.05, 0.1) is 6.54 Å². The Hall–Kier alpha value is -1.62. The van der Waals surface area contributed by atoms with Crippen LogP contribution in [0, 0.1) is 0 Å². The molecule has 0 radical (unpaired) electrons. The van der Waals surface area contributed by atoms with Crippen LogP contribution in [0.15, 0.2) is 24.3 Å². The Kier molecular flexibility index (Phi) is 4.67. The Morgan fingerprint density at radius 3 is 2.50 bits per heavy atom. The number of benzene rings is 1. The normalized spacial score (nSPS) is 10.8. The number of anilines is 1. The Morgan fingerprint density at radius 2 is 1.94 bits per heavy atom. The fraction of sp³-hybridized carbons (Fsp3) is 0.385. The first-order valence-electron chi connectivity index (χ1n) is 5.73. The fourth-order valence-electron chi connectivity index (χ4n) is 1.49. The molecule has 0 bridgehead atoms. The summed E-state index contributed by atoms with van der Waals surface area (Å²) in [5.74, 6) is -0.0692. The average Bonchev–Trinajstić information content (AvgIpc) is 2.24. The lowest BCUT2D eigenvalue weighted by Crippen LogP contribution is -2.43. The van der Waals surface area contributed by atoms with Crippen LogP contribution in [0.25, 0.3) is 0 Å². The average molecular weight is 265 g/mol. The van der Waals surface area contributed by atoms with Crippen molar-refractivity contribution in [2.24, 2.45) is 5.73 Å². The van der Waals surface area contributed by atoms with Crippen molar-refractivity contribution in [3.05, 3.63) is 29.8 Å². The number of rotatable bonds is 4. The lowest BCUT2D eigenvalue weighted by atomic mass is 10.1. The third-order valence-corrected chi connectivity index (χ3v) is 2.37. The summed E-state index contributed by atoms with van der Waals surface area (Å²) in [4.78, 5) is 12.0. The highest BCUT2D eigenvalue weighted by Crippen LogP contribution is 2.14. The van der Waals surface area contributed by atoms with Crippen molar-refractivity contribution in [3.63, 3.8) is 0 Å². The van der Waals surface area contributed by atoms with Gasteiger partial charge >= 0.3 is 0 Å². The van der Waals surface area contributed by atoms with Gasteiger partial charge < -0.3 is 16.4 Å². The zero-order chi connectivity index (χ0) is 13.8. The second-order valence-corrected chi connectivity index (χ2v) is 5.50. The fourth-order valence-corrected chi connectivity index (χ4v) is 1.67. The summed E-state index contributed by atoms with van der Waals surface area (Å²) in [6.07, 6.45) is 0. The number of nitrogens with two attached hydrogens (primary N) is 1. The molecule has 0 atom stereocenters. The van der Waals surface area contributed by atoms with Crippen LogP contribution in [-0.2, 0) is 4.79 Å². The van der Waals surface area contributed by atoms with Crippen LogP contribution < -0.4 is 16.4 Å². The molecule has 5 heteroatoms. The SMILES string of the molecule is CC(C)(C)NC(=O)CNc1ccccc1C(N)=S. The van der Waals surface area contributed by atoms with Crippen molar-refractivity contribution in [1.82, 2.24) is 5.32 Å². The molecule has 0 saturated carbocycles. The van der Waals surface area contributed by atoms with Gasteiger partial charge in [0.1, 0.15) is 4.99 Å². The number of para-hydroxylation sites is 1. The van der Waals surface area contributed by atoms with Gasteiger partial charge in [-0.05, 0) is 32.9 Å². The molecule has 4 N–H and O–H groups in total. The number of carbonyl (C=O) groups is 1. The summed E-state index contributed by atoms with van der Waals surface area (Å²) in [5.41, 5.74) is 6.90. The van der Waals surface area contributed by atoms with Gasteiger partial charge in [0.25, 0.3) is 0 Å². The summed E-state index contributed by atoms with van der Waals surface area (Å²) in [6, 6.07) is 7.39. The van der Waals surface area contributed by atoms with Gasteiger partial charge in [-0.2, -0.15) is 0 Å². The van der Waals surface area contributed by atoms with Gasteiger partial charge in [-0.3, -0.25) is 4.79 Å². The molecule has 0 saturated heterocycles. The summed E-state index contributed by atoms with van der Waals surface area (Å²) in [5, 5.41) is 5.91. The van der Waals surface area contributed by atoms with Gasteiger partial charge in [0.15, 0.2) is 0 Å². The van der Waals surface area contributed by atoms with Gasteiger partial charge in [-0.1, -0.05) is 24.4 Å². The molecule has 0 aliphatic heterocycles. The third-order valence-electron chi connectivity index (χ3n) is 2.15. The summed E-state index contributed by atoms with van der Waals surface area (Å²) in [6.45, 7) is 6.01. The molecule has 0 aliphatic rings. The maximum absolute atomic E-state index is 11.7. The summed E-state index contributed by atoms with van der Waals surface area (Å²) < 4.78 is 0. The van der Waals surface area contributed by atoms with E-state index in [9.17, 15) is 4.79 Å². The zero-order valence-electron chi connectivity index (χ0n) is 10.9. The Morgan fingerprint density at radius 1 is 1.33 bits per heavy atom. The standard InChI is InChI=1S/C13H19N3OS/c1-13(2,3)16-11(17)8-15-10-7-5-4-6-9(10)12(14)18/h4-7,15H,8H2,1-3H3,(H2,14,18)(H,16,17). The maximum Gasteiger partial charge on any atom is 0.239 e. The third kappa shape index (κ3) is 4.71. The second-order valence-electron chi connectivity index (χ2n) is 5.06. The van der Waals surface area contributed by atoms with Crippen LogP contribution in [-0.4, -0.2) is 23.0 Å². The Labute approximate surface area is 113 Å². The van der Waals surface area contributed by atoms with E-state index in [2.05, 4.69) is 10.6 Å². The van der Waals surface area contributed by atoms with Crippen LogP contribution in [0.3, 0.4) is 0 Å². The first kappa shape index (κ1) is 14.4. The molecule has 1 rings (SSSR count). The number of thiocarbonyl (C=S) groups is 1. The van der Waals surface area contributed by atoms with E-state index in [1.54, 1.807) is 0 Å². The minimum atomic E-state index is -0.235. The van der Waals surface area contributed by atoms with E-state index in [0.717, 1.165) is 11.3 Å². The van der Waals surface area contributed by atoms with Gasteiger partial charge in [0, 0.05) is 16.8 Å². The molecule has 18 heavy (non-hydrogen) atoms. The first-order chi connectivity index (χ1) is 8.29. The molecule has 4 nitrogen and oxygen atoms in total. The quantitative estimate of drug-likeness (QED) is 0.724. The van der Waals surface area contributed by atoms with E-state index in [-0.39, 0.29) is 18.0 Å². The number of amides is 1. The van der Waals surface area contributed by atoms with E-state index in [0.29, 0.717) is 4.99 Å². The molecule has 0 spiro atoms. The molecule has 0 unspecified atom stereocenters. The van der Waals surface area contributed by atoms with Crippen molar-refractivity contribution in [2.75, 3.05) is 11.9 Å². The highest BCUT2D eigenvalue weighted by atomic mass is 32.1. The monoisotopic (exact) mass is 265 g/mol. The Bertz CT molecular complexity index is 452. The largest absolute Gasteiger partial charge is 0.389 e. The molecule has 1 aromatic carbocycles. The van der Waals surface area contributed by atoms with Gasteiger partial charge in [-0.25, -0.2) is 0 Å². The second kappa shape index (κ2) is 5.82. The molecule has 0 aromatic heterocycles. The number of hydrogen-bond acceptors (Lipinski definition) is 3. The van der Waals surface area contributed by atoms with E-state index in [4.69, 9.17) is 18.0 Å². The van der Waals surface area contributed by atoms with Crippen molar-refractivity contribution >= 4 is 28.8 Å². The van der Waals surface area contributed by atoms with Crippen LogP contribution in [0.2, 0.25) is 0 Å². The predicted octanol–water partition coefficient (Wildman–Crippen LogP) is 1.65. The number of carbonyl (C=O) groups excluding carboxylic acids is 1. The minimum Gasteiger partial charge on any atom is -0.389 e. The molecule has 1 amide bonds. The zero-order valence-corrected chi connectivity index (χ0v) is 11.7. The molecule has 0 heterocycles. The molecule has 0 aliphatic carbocycles. The number of hydrogen-bond donors (Lipinski definition) is 3. The minimum absolute atomic E-state index is 0.0692. The molecule has 98 valence electrons. The molecular weight excluding hydrogens is 246 g/mol. The van der Waals surface area contributed by atoms with Crippen molar-refractivity contribution in [1.29, 1.82) is 0 Å². The van der Waals surface area contributed by atoms with Crippen LogP contribution in [0.4, 0.5) is 5.69 Å². The van der Waals surface area contributed by atoms with E-state index in [1.165, 1.54) is 0 Å². The van der Waals surface area contributed by atoms with E-state index < -0.39 is 0 Å². The summed E-state index contributed by atoms with van der Waals surface area (Å²) >= 11 is 4.95. The van der Waals surface area contributed by atoms with Crippen LogP contribution >= 0.6 is 12.2 Å². The Balaban J connectivity index is 2.64. The van der Waals surface area contributed by atoms with Gasteiger partial charge in [0.2, 0.25) is 5.91 Å². The number of nitrogens with one attached hydrogen (secondary N) is 2. The highest BCUT2D eigenvalue weighted by Gasteiger charge is 2.13. The van der Waals surface area contributed by atoms with Crippen LogP contribution in [0.5, 0.6) is 0 Å². The lowest BCUT2D eigenvalue weighted by molar-refractivity contribution is -0.120. The lowest BCUT2D eigenvalue weighted by Gasteiger charge is -2.21. The van der Waals surface area contributed by atoms with Crippen LogP contribution in [0.1, 0.15) is 26.3 Å². The smallest absolute Gasteiger partial charge is 0.239 e. The predicted molar refractivity (Wildman–Crippen MR) is 78.7 cm³/mol.